The van der Waals surface area contributed by atoms with Gasteiger partial charge >= 0.3 is 12.1 Å². The summed E-state index contributed by atoms with van der Waals surface area (Å²) in [5, 5.41) is 9.04. The number of hydrogen-bond acceptors (Lipinski definition) is 3. The fourth-order valence-corrected chi connectivity index (χ4v) is 4.53. The molecular weight excluding hydrogens is 553 g/mol. The van der Waals surface area contributed by atoms with Gasteiger partial charge in [0.1, 0.15) is 17.3 Å². The lowest BCUT2D eigenvalue weighted by atomic mass is 10.1. The van der Waals surface area contributed by atoms with Crippen LogP contribution in [0.15, 0.2) is 21.2 Å². The predicted molar refractivity (Wildman–Crippen MR) is 105 cm³/mol. The number of carbonyl (C=O) groups is 1. The van der Waals surface area contributed by atoms with E-state index in [-0.39, 0.29) is 44.0 Å². The minimum absolute atomic E-state index is 0.0220. The first-order valence-corrected chi connectivity index (χ1v) is 9.85. The molecule has 1 aromatic carbocycles. The topological polar surface area (TPSA) is 60.7 Å². The Kier molecular flexibility index (Phi) is 7.63. The zero-order valence-electron chi connectivity index (χ0n) is 14.9. The Bertz CT molecular complexity index is 933. The van der Waals surface area contributed by atoms with Crippen molar-refractivity contribution >= 4 is 49.4 Å². The largest absolute Gasteiger partial charge is 0.479 e. The van der Waals surface area contributed by atoms with Gasteiger partial charge in [0.2, 0.25) is 0 Å². The van der Waals surface area contributed by atoms with Gasteiger partial charge in [0, 0.05) is 31.7 Å². The van der Waals surface area contributed by atoms with Crippen molar-refractivity contribution in [1.29, 1.82) is 0 Å². The number of aliphatic carboxylic acids is 1. The quantitative estimate of drug-likeness (QED) is 0.424. The molecule has 0 aliphatic rings. The van der Waals surface area contributed by atoms with Crippen molar-refractivity contribution in [3.05, 3.63) is 37.7 Å². The summed E-state index contributed by atoms with van der Waals surface area (Å²) >= 11 is 11.9. The number of aromatic nitrogens is 1. The second-order valence-corrected chi connectivity index (χ2v) is 7.83. The first kappa shape index (κ1) is 24.0. The van der Waals surface area contributed by atoms with Crippen LogP contribution >= 0.6 is 43.5 Å². The molecular formula is C17H14Br2ClF4NO4. The highest BCUT2D eigenvalue weighted by Gasteiger charge is 2.40. The Morgan fingerprint density at radius 2 is 1.97 bits per heavy atom. The number of ether oxygens (including phenoxy) is 2. The molecule has 1 atom stereocenters. The van der Waals surface area contributed by atoms with E-state index in [0.29, 0.717) is 0 Å². The van der Waals surface area contributed by atoms with Gasteiger partial charge in [-0.15, -0.1) is 0 Å². The Morgan fingerprint density at radius 1 is 1.34 bits per heavy atom. The molecule has 160 valence electrons. The lowest BCUT2D eigenvalue weighted by Gasteiger charge is -2.17. The number of benzene rings is 1. The standard InChI is InChI=1S/C17H14Br2ClF4NO4/c1-25-14(17(22,23)24)13(18)12(15(25)19)7-5-11(8(20)6-9(7)21)29-10(16(26)27)3-4-28-2/h5-6,10H,3-4H2,1-2H3,(H,26,27). The van der Waals surface area contributed by atoms with Crippen LogP contribution in [0.4, 0.5) is 17.6 Å². The average molecular weight is 568 g/mol. The summed E-state index contributed by atoms with van der Waals surface area (Å²) in [6.07, 6.45) is -6.07. The Hall–Kier alpha value is -1.30. The van der Waals surface area contributed by atoms with Crippen LogP contribution in [-0.4, -0.2) is 35.5 Å². The summed E-state index contributed by atoms with van der Waals surface area (Å²) in [5.41, 5.74) is -1.41. The smallest absolute Gasteiger partial charge is 0.432 e. The number of methoxy groups -OCH3 is 1. The molecule has 0 bridgehead atoms. The van der Waals surface area contributed by atoms with E-state index < -0.39 is 29.8 Å². The van der Waals surface area contributed by atoms with Crippen molar-refractivity contribution in [2.75, 3.05) is 13.7 Å². The fraction of sp³-hybridized carbons (Fsp3) is 0.353. The molecule has 0 spiro atoms. The maximum atomic E-state index is 14.6. The minimum Gasteiger partial charge on any atom is -0.479 e. The van der Waals surface area contributed by atoms with Gasteiger partial charge in [-0.25, -0.2) is 9.18 Å². The van der Waals surface area contributed by atoms with Crippen LogP contribution in [-0.2, 0) is 22.8 Å². The average Bonchev–Trinajstić information content (AvgIpc) is 2.82. The molecule has 1 heterocycles. The normalized spacial score (nSPS) is 12.9. The zero-order valence-corrected chi connectivity index (χ0v) is 18.8. The molecule has 0 aliphatic carbocycles. The summed E-state index contributed by atoms with van der Waals surface area (Å²) in [7, 11) is 2.54. The number of nitrogens with zero attached hydrogens (tertiary/aromatic N) is 1. The molecule has 1 N–H and O–H groups in total. The molecule has 2 aromatic rings. The van der Waals surface area contributed by atoms with Gasteiger partial charge in [-0.3, -0.25) is 0 Å². The van der Waals surface area contributed by atoms with E-state index in [0.717, 1.165) is 23.7 Å². The van der Waals surface area contributed by atoms with Gasteiger partial charge in [-0.05, 0) is 44.0 Å². The highest BCUT2D eigenvalue weighted by atomic mass is 79.9. The molecule has 1 unspecified atom stereocenters. The molecule has 0 saturated carbocycles. The van der Waals surface area contributed by atoms with E-state index in [4.69, 9.17) is 21.1 Å². The molecule has 5 nitrogen and oxygen atoms in total. The maximum absolute atomic E-state index is 14.6. The summed E-state index contributed by atoms with van der Waals surface area (Å²) in [5.74, 6) is -2.40. The van der Waals surface area contributed by atoms with Crippen molar-refractivity contribution < 1.29 is 36.9 Å². The second-order valence-electron chi connectivity index (χ2n) is 5.87. The molecule has 0 fully saturated rings. The van der Waals surface area contributed by atoms with Gasteiger partial charge in [-0.2, -0.15) is 13.2 Å². The van der Waals surface area contributed by atoms with E-state index in [2.05, 4.69) is 31.9 Å². The molecule has 1 aromatic heterocycles. The summed E-state index contributed by atoms with van der Waals surface area (Å²) < 4.78 is 65.2. The molecule has 0 amide bonds. The van der Waals surface area contributed by atoms with Crippen molar-refractivity contribution in [3.8, 4) is 16.9 Å². The summed E-state index contributed by atoms with van der Waals surface area (Å²) in [6.45, 7) is 0.0767. The number of carboxylic acids is 1. The molecule has 0 aliphatic heterocycles. The predicted octanol–water partition coefficient (Wildman–Crippen LogP) is 5.90. The second kappa shape index (κ2) is 9.23. The van der Waals surface area contributed by atoms with E-state index in [9.17, 15) is 27.5 Å². The lowest BCUT2D eigenvalue weighted by Crippen LogP contribution is -2.28. The molecule has 0 radical (unpaired) electrons. The number of halogens is 7. The Balaban J connectivity index is 2.59. The lowest BCUT2D eigenvalue weighted by molar-refractivity contribution is -0.146. The highest BCUT2D eigenvalue weighted by Crippen LogP contribution is 2.47. The minimum atomic E-state index is -4.70. The fourth-order valence-electron chi connectivity index (χ4n) is 2.59. The van der Waals surface area contributed by atoms with Gasteiger partial charge < -0.3 is 19.1 Å². The van der Waals surface area contributed by atoms with Crippen LogP contribution in [0, 0.1) is 5.82 Å². The van der Waals surface area contributed by atoms with Gasteiger partial charge in [0.05, 0.1) is 20.7 Å². The van der Waals surface area contributed by atoms with E-state index in [1.807, 2.05) is 0 Å². The first-order valence-electron chi connectivity index (χ1n) is 7.88. The first-order chi connectivity index (χ1) is 13.4. The number of carboxylic acid groups (broad SMARTS) is 1. The van der Waals surface area contributed by atoms with E-state index >= 15 is 0 Å². The van der Waals surface area contributed by atoms with Crippen LogP contribution in [0.1, 0.15) is 12.1 Å². The van der Waals surface area contributed by atoms with E-state index in [1.54, 1.807) is 0 Å². The summed E-state index contributed by atoms with van der Waals surface area (Å²) in [4.78, 5) is 11.4. The molecule has 0 saturated heterocycles. The van der Waals surface area contributed by atoms with Gasteiger partial charge in [0.15, 0.2) is 6.10 Å². The third-order valence-electron chi connectivity index (χ3n) is 3.95. The molecule has 29 heavy (non-hydrogen) atoms. The van der Waals surface area contributed by atoms with E-state index in [1.165, 1.54) is 7.11 Å². The number of rotatable bonds is 7. The number of alkyl halides is 3. The van der Waals surface area contributed by atoms with Crippen LogP contribution in [0.5, 0.6) is 5.75 Å². The monoisotopic (exact) mass is 565 g/mol. The third kappa shape index (κ3) is 5.07. The summed E-state index contributed by atoms with van der Waals surface area (Å²) in [6, 6.07) is 1.91. The Labute approximate surface area is 184 Å². The van der Waals surface area contributed by atoms with Crippen molar-refractivity contribution in [1.82, 2.24) is 4.57 Å². The van der Waals surface area contributed by atoms with Crippen molar-refractivity contribution in [2.24, 2.45) is 7.05 Å². The SMILES string of the molecule is COCCC(Oc1cc(-c2c(Br)c(C(F)(F)F)n(C)c2Br)c(F)cc1Cl)C(=O)O. The maximum Gasteiger partial charge on any atom is 0.432 e. The van der Waals surface area contributed by atoms with Gasteiger partial charge in [0.25, 0.3) is 0 Å². The highest BCUT2D eigenvalue weighted by molar-refractivity contribution is 9.11. The zero-order chi connectivity index (χ0) is 22.1. The van der Waals surface area contributed by atoms with Gasteiger partial charge in [-0.1, -0.05) is 11.6 Å². The third-order valence-corrected chi connectivity index (χ3v) is 5.95. The van der Waals surface area contributed by atoms with Crippen LogP contribution in [0.3, 0.4) is 0 Å². The van der Waals surface area contributed by atoms with Crippen LogP contribution < -0.4 is 4.74 Å². The number of hydrogen-bond donors (Lipinski definition) is 1. The molecule has 12 heteroatoms. The van der Waals surface area contributed by atoms with Crippen molar-refractivity contribution in [2.45, 2.75) is 18.7 Å². The molecule has 2 rings (SSSR count). The van der Waals surface area contributed by atoms with Crippen LogP contribution in [0.25, 0.3) is 11.1 Å². The van der Waals surface area contributed by atoms with Crippen LogP contribution in [0.2, 0.25) is 5.02 Å². The van der Waals surface area contributed by atoms with Crippen molar-refractivity contribution in [3.63, 3.8) is 0 Å². The Morgan fingerprint density at radius 3 is 2.45 bits per heavy atom.